The summed E-state index contributed by atoms with van der Waals surface area (Å²) in [4.78, 5) is 13.1. The number of hydrogen-bond acceptors (Lipinski definition) is 4. The summed E-state index contributed by atoms with van der Waals surface area (Å²) in [6, 6.07) is 10.1. The summed E-state index contributed by atoms with van der Waals surface area (Å²) in [6.07, 6.45) is 3.46. The van der Waals surface area contributed by atoms with Crippen LogP contribution in [0.4, 0.5) is 0 Å². The molecule has 0 radical (unpaired) electrons. The molecule has 0 amide bonds. The Morgan fingerprint density at radius 3 is 2.52 bits per heavy atom. The molecule has 7 heteroatoms. The molecule has 2 heterocycles. The molecule has 0 bridgehead atoms. The first kappa shape index (κ1) is 17.8. The third-order valence-electron chi connectivity index (χ3n) is 3.67. The van der Waals surface area contributed by atoms with Gasteiger partial charge in [-0.3, -0.25) is 9.89 Å². The second-order valence-electron chi connectivity index (χ2n) is 6.66. The van der Waals surface area contributed by atoms with E-state index in [1.807, 2.05) is 39.0 Å². The summed E-state index contributed by atoms with van der Waals surface area (Å²) in [7, 11) is 0. The van der Waals surface area contributed by atoms with E-state index in [-0.39, 0.29) is 10.6 Å². The number of nitrogens with one attached hydrogen (secondary N) is 1. The van der Waals surface area contributed by atoms with Crippen molar-refractivity contribution in [3.05, 3.63) is 63.7 Å². The number of hydrogen-bond donors (Lipinski definition) is 1. The molecule has 3 rings (SSSR count). The molecule has 0 aliphatic heterocycles. The fourth-order valence-electron chi connectivity index (χ4n) is 2.35. The number of benzene rings is 1. The average Bonchev–Trinajstić information content (AvgIpc) is 3.10. The number of aromatic nitrogens is 4. The van der Waals surface area contributed by atoms with Crippen molar-refractivity contribution in [2.45, 2.75) is 37.0 Å². The Bertz CT molecular complexity index is 912. The number of thioether (sulfide) groups is 1. The van der Waals surface area contributed by atoms with Crippen LogP contribution in [0, 0.1) is 0 Å². The minimum absolute atomic E-state index is 0.225. The van der Waals surface area contributed by atoms with Crippen molar-refractivity contribution in [2.24, 2.45) is 0 Å². The molecule has 0 saturated carbocycles. The lowest BCUT2D eigenvalue weighted by atomic mass is 10.1. The molecule has 0 aliphatic rings. The highest BCUT2D eigenvalue weighted by Gasteiger charge is 2.19. The van der Waals surface area contributed by atoms with E-state index in [1.165, 1.54) is 16.4 Å². The first-order valence-electron chi connectivity index (χ1n) is 7.86. The van der Waals surface area contributed by atoms with Crippen molar-refractivity contribution in [1.82, 2.24) is 20.0 Å². The molecule has 0 spiro atoms. The zero-order chi connectivity index (χ0) is 18.0. The largest absolute Gasteiger partial charge is 0.287 e. The van der Waals surface area contributed by atoms with E-state index in [0.29, 0.717) is 10.6 Å². The molecule has 0 aliphatic carbocycles. The van der Waals surface area contributed by atoms with Gasteiger partial charge in [-0.1, -0.05) is 35.9 Å². The lowest BCUT2D eigenvalue weighted by Crippen LogP contribution is -2.36. The van der Waals surface area contributed by atoms with Gasteiger partial charge in [0, 0.05) is 17.5 Å². The molecule has 0 fully saturated rings. The molecule has 5 nitrogen and oxygen atoms in total. The van der Waals surface area contributed by atoms with Crippen LogP contribution in [0.5, 0.6) is 0 Å². The van der Waals surface area contributed by atoms with Crippen molar-refractivity contribution in [1.29, 1.82) is 0 Å². The first-order valence-corrected chi connectivity index (χ1v) is 9.23. The van der Waals surface area contributed by atoms with Crippen molar-refractivity contribution in [3.8, 4) is 11.3 Å². The van der Waals surface area contributed by atoms with Crippen LogP contribution >= 0.6 is 23.4 Å². The Balaban J connectivity index is 1.74. The molecule has 2 aromatic heterocycles. The molecule has 1 aromatic carbocycles. The number of nitrogens with zero attached hydrogens (tertiary/aromatic N) is 3. The highest BCUT2D eigenvalue weighted by molar-refractivity contribution is 7.98. The summed E-state index contributed by atoms with van der Waals surface area (Å²) in [5.74, 6) is 0.710. The molecule has 0 unspecified atom stereocenters. The number of aromatic amines is 1. The second kappa shape index (κ2) is 7.06. The van der Waals surface area contributed by atoms with Gasteiger partial charge in [-0.2, -0.15) is 10.2 Å². The normalized spacial score (nSPS) is 11.7. The first-order chi connectivity index (χ1) is 11.9. The van der Waals surface area contributed by atoms with E-state index in [4.69, 9.17) is 11.6 Å². The van der Waals surface area contributed by atoms with E-state index in [9.17, 15) is 4.79 Å². The van der Waals surface area contributed by atoms with E-state index in [0.717, 1.165) is 16.8 Å². The van der Waals surface area contributed by atoms with Gasteiger partial charge in [-0.15, -0.1) is 11.8 Å². The maximum Gasteiger partial charge on any atom is 0.287 e. The lowest BCUT2D eigenvalue weighted by Gasteiger charge is -2.21. The second-order valence-corrected chi connectivity index (χ2v) is 8.05. The molecule has 0 saturated heterocycles. The van der Waals surface area contributed by atoms with Crippen LogP contribution in [0.25, 0.3) is 11.3 Å². The van der Waals surface area contributed by atoms with E-state index in [2.05, 4.69) is 27.4 Å². The van der Waals surface area contributed by atoms with Crippen LogP contribution < -0.4 is 5.56 Å². The monoisotopic (exact) mass is 374 g/mol. The highest BCUT2D eigenvalue weighted by Crippen LogP contribution is 2.28. The Morgan fingerprint density at radius 1 is 1.20 bits per heavy atom. The molecule has 3 aromatic rings. The Labute approximate surface area is 155 Å². The van der Waals surface area contributed by atoms with Crippen LogP contribution in [0.2, 0.25) is 5.02 Å². The van der Waals surface area contributed by atoms with Crippen LogP contribution in [0.3, 0.4) is 0 Å². The summed E-state index contributed by atoms with van der Waals surface area (Å²) >= 11 is 7.76. The van der Waals surface area contributed by atoms with Gasteiger partial charge in [0.15, 0.2) is 0 Å². The summed E-state index contributed by atoms with van der Waals surface area (Å²) in [6.45, 7) is 5.77. The molecular formula is C18H19ClN4OS. The number of H-pyrrole nitrogens is 1. The molecule has 25 heavy (non-hydrogen) atoms. The third kappa shape index (κ3) is 3.96. The van der Waals surface area contributed by atoms with Gasteiger partial charge >= 0.3 is 0 Å². The Morgan fingerprint density at radius 2 is 1.92 bits per heavy atom. The SMILES string of the molecule is CC(C)(C)n1ncc(SCc2ccc(-c3cc[nH]n3)cc2)c(Cl)c1=O. The van der Waals surface area contributed by atoms with Gasteiger partial charge in [0.05, 0.1) is 22.3 Å². The van der Waals surface area contributed by atoms with Gasteiger partial charge in [-0.05, 0) is 32.4 Å². The fraction of sp³-hybridized carbons (Fsp3) is 0.278. The quantitative estimate of drug-likeness (QED) is 0.690. The zero-order valence-corrected chi connectivity index (χ0v) is 15.9. The van der Waals surface area contributed by atoms with Gasteiger partial charge in [0.25, 0.3) is 5.56 Å². The lowest BCUT2D eigenvalue weighted by molar-refractivity contribution is 0.336. The van der Waals surface area contributed by atoms with Crippen molar-refractivity contribution >= 4 is 23.4 Å². The topological polar surface area (TPSA) is 63.6 Å². The van der Waals surface area contributed by atoms with Gasteiger partial charge in [0.1, 0.15) is 5.02 Å². The maximum absolute atomic E-state index is 12.4. The van der Waals surface area contributed by atoms with Crippen LogP contribution in [-0.4, -0.2) is 20.0 Å². The fourth-order valence-corrected chi connectivity index (χ4v) is 3.49. The number of halogens is 1. The van der Waals surface area contributed by atoms with Crippen molar-refractivity contribution in [2.75, 3.05) is 0 Å². The van der Waals surface area contributed by atoms with Gasteiger partial charge < -0.3 is 0 Å². The minimum atomic E-state index is -0.397. The Kier molecular flexibility index (Phi) is 5.01. The highest BCUT2D eigenvalue weighted by atomic mass is 35.5. The van der Waals surface area contributed by atoms with Gasteiger partial charge in [-0.25, -0.2) is 4.68 Å². The van der Waals surface area contributed by atoms with E-state index in [1.54, 1.807) is 12.4 Å². The summed E-state index contributed by atoms with van der Waals surface area (Å²) < 4.78 is 1.41. The van der Waals surface area contributed by atoms with E-state index < -0.39 is 5.54 Å². The van der Waals surface area contributed by atoms with Gasteiger partial charge in [0.2, 0.25) is 0 Å². The van der Waals surface area contributed by atoms with Crippen molar-refractivity contribution < 1.29 is 0 Å². The minimum Gasteiger partial charge on any atom is -0.285 e. The van der Waals surface area contributed by atoms with Crippen LogP contribution in [0.1, 0.15) is 26.3 Å². The number of rotatable bonds is 4. The van der Waals surface area contributed by atoms with Crippen molar-refractivity contribution in [3.63, 3.8) is 0 Å². The molecule has 0 atom stereocenters. The van der Waals surface area contributed by atoms with Crippen LogP contribution in [-0.2, 0) is 11.3 Å². The summed E-state index contributed by atoms with van der Waals surface area (Å²) in [5.41, 5.74) is 2.46. The third-order valence-corrected chi connectivity index (χ3v) is 5.24. The summed E-state index contributed by atoms with van der Waals surface area (Å²) in [5, 5.41) is 11.5. The van der Waals surface area contributed by atoms with Crippen LogP contribution in [0.15, 0.2) is 52.4 Å². The molecule has 130 valence electrons. The zero-order valence-electron chi connectivity index (χ0n) is 14.3. The van der Waals surface area contributed by atoms with E-state index >= 15 is 0 Å². The predicted molar refractivity (Wildman–Crippen MR) is 102 cm³/mol. The predicted octanol–water partition coefficient (Wildman–Crippen LogP) is 4.33. The smallest absolute Gasteiger partial charge is 0.285 e. The maximum atomic E-state index is 12.4. The Hall–Kier alpha value is -2.05. The molecular weight excluding hydrogens is 356 g/mol. The molecule has 1 N–H and O–H groups in total. The standard InChI is InChI=1S/C18H19ClN4OS/c1-18(2,3)23-17(24)16(19)15(10-21-23)25-11-12-4-6-13(7-5-12)14-8-9-20-22-14/h4-10H,11H2,1-3H3,(H,20,22). The average molecular weight is 375 g/mol.